The molecule has 4 aliphatic carbocycles. The van der Waals surface area contributed by atoms with Crippen LogP contribution in [0.25, 0.3) is 0 Å². The number of ether oxygens (including phenoxy) is 1. The average molecular weight is 377 g/mol. The topological polar surface area (TPSA) is 46.5 Å². The van der Waals surface area contributed by atoms with Crippen molar-refractivity contribution in [1.82, 2.24) is 0 Å². The fraction of sp³-hybridized carbons (Fsp3) is 0.958. The van der Waals surface area contributed by atoms with Crippen molar-refractivity contribution >= 4 is 5.78 Å². The van der Waals surface area contributed by atoms with Crippen LogP contribution in [0, 0.1) is 40.4 Å². The first kappa shape index (κ1) is 19.9. The minimum absolute atomic E-state index is 0.229. The molecule has 3 heteroatoms. The highest BCUT2D eigenvalue weighted by molar-refractivity contribution is 5.79. The first-order valence-electron chi connectivity index (χ1n) is 11.5. The molecule has 0 bridgehead atoms. The molecule has 4 rings (SSSR count). The van der Waals surface area contributed by atoms with E-state index < -0.39 is 5.60 Å². The van der Waals surface area contributed by atoms with Crippen LogP contribution in [0.1, 0.15) is 85.5 Å². The summed E-state index contributed by atoms with van der Waals surface area (Å²) in [5.41, 5.74) is -0.00686. The molecular formula is C24H40O3. The monoisotopic (exact) mass is 376 g/mol. The van der Waals surface area contributed by atoms with Gasteiger partial charge in [-0.1, -0.05) is 6.92 Å². The third-order valence-corrected chi connectivity index (χ3v) is 9.72. The Balaban J connectivity index is 1.64. The zero-order chi connectivity index (χ0) is 19.4. The molecule has 8 atom stereocenters. The molecule has 4 saturated carbocycles. The van der Waals surface area contributed by atoms with Gasteiger partial charge in [-0.3, -0.25) is 4.79 Å². The van der Waals surface area contributed by atoms with Gasteiger partial charge in [-0.25, -0.2) is 0 Å². The molecule has 0 saturated heterocycles. The second-order valence-electron chi connectivity index (χ2n) is 11.0. The Kier molecular flexibility index (Phi) is 5.03. The predicted octanol–water partition coefficient (Wildman–Crippen LogP) is 5.00. The van der Waals surface area contributed by atoms with E-state index in [0.717, 1.165) is 50.7 Å². The molecule has 0 amide bonds. The number of Topliss-reactive ketones (excluding diaryl/α,β-unsaturated/α-hetero) is 1. The molecule has 0 aromatic heterocycles. The van der Waals surface area contributed by atoms with E-state index >= 15 is 0 Å². The van der Waals surface area contributed by atoms with Gasteiger partial charge in [-0.15, -0.1) is 0 Å². The molecule has 0 aromatic rings. The number of aliphatic hydroxyl groups is 1. The lowest BCUT2D eigenvalue weighted by Gasteiger charge is -2.62. The number of carbonyl (C=O) groups excluding carboxylic acids is 1. The first-order valence-corrected chi connectivity index (χ1v) is 11.5. The third kappa shape index (κ3) is 3.03. The van der Waals surface area contributed by atoms with Crippen molar-refractivity contribution < 1.29 is 14.6 Å². The van der Waals surface area contributed by atoms with Gasteiger partial charge in [0.2, 0.25) is 0 Å². The van der Waals surface area contributed by atoms with Gasteiger partial charge in [0.15, 0.2) is 0 Å². The zero-order valence-corrected chi connectivity index (χ0v) is 17.9. The molecule has 0 aromatic carbocycles. The highest BCUT2D eigenvalue weighted by Crippen LogP contribution is 2.68. The Bertz CT molecular complexity index is 584. The summed E-state index contributed by atoms with van der Waals surface area (Å²) in [6, 6.07) is 0. The van der Waals surface area contributed by atoms with Crippen molar-refractivity contribution in [1.29, 1.82) is 0 Å². The maximum absolute atomic E-state index is 12.3. The fourth-order valence-electron chi connectivity index (χ4n) is 8.47. The number of hydrogen-bond donors (Lipinski definition) is 1. The molecule has 1 N–H and O–H groups in total. The maximum Gasteiger partial charge on any atom is 0.133 e. The van der Waals surface area contributed by atoms with Crippen molar-refractivity contribution in [2.75, 3.05) is 13.2 Å². The fourth-order valence-corrected chi connectivity index (χ4v) is 8.47. The number of hydrogen-bond acceptors (Lipinski definition) is 3. The molecule has 0 aliphatic heterocycles. The Morgan fingerprint density at radius 3 is 2.52 bits per heavy atom. The van der Waals surface area contributed by atoms with Gasteiger partial charge in [-0.2, -0.15) is 0 Å². The van der Waals surface area contributed by atoms with Crippen LogP contribution in [0.15, 0.2) is 0 Å². The number of carbonyl (C=O) groups is 1. The summed E-state index contributed by atoms with van der Waals surface area (Å²) in [5.74, 6) is 3.51. The third-order valence-electron chi connectivity index (χ3n) is 9.72. The van der Waals surface area contributed by atoms with E-state index in [9.17, 15) is 9.90 Å². The number of fused-ring (bicyclic) bond motifs is 5. The smallest absolute Gasteiger partial charge is 0.133 e. The van der Waals surface area contributed by atoms with Crippen LogP contribution < -0.4 is 0 Å². The highest BCUT2D eigenvalue weighted by atomic mass is 16.5. The van der Waals surface area contributed by atoms with Crippen LogP contribution in [-0.2, 0) is 9.53 Å². The van der Waals surface area contributed by atoms with Gasteiger partial charge < -0.3 is 9.84 Å². The van der Waals surface area contributed by atoms with E-state index in [1.54, 1.807) is 0 Å². The lowest BCUT2D eigenvalue weighted by Crippen LogP contribution is -2.58. The number of rotatable bonds is 4. The molecule has 0 radical (unpaired) electrons. The average Bonchev–Trinajstić information content (AvgIpc) is 2.97. The van der Waals surface area contributed by atoms with Gasteiger partial charge in [0, 0.05) is 12.5 Å². The summed E-state index contributed by atoms with van der Waals surface area (Å²) in [7, 11) is 0. The normalized spacial score (nSPS) is 52.0. The summed E-state index contributed by atoms with van der Waals surface area (Å²) in [6.45, 7) is 10.1. The first-order chi connectivity index (χ1) is 12.7. The summed E-state index contributed by atoms with van der Waals surface area (Å²) in [5, 5.41) is 10.8. The minimum atomic E-state index is -0.497. The SMILES string of the molecule is CCOCC12CCC(C)(O)CC1CCC1C3CCC(C(C)=O)C3(C)CCC12. The van der Waals surface area contributed by atoms with Crippen LogP contribution >= 0.6 is 0 Å². The molecule has 0 heterocycles. The molecule has 8 unspecified atom stereocenters. The van der Waals surface area contributed by atoms with Crippen LogP contribution in [0.2, 0.25) is 0 Å². The van der Waals surface area contributed by atoms with Crippen molar-refractivity contribution in [2.24, 2.45) is 40.4 Å². The Hall–Kier alpha value is -0.410. The highest BCUT2D eigenvalue weighted by Gasteiger charge is 2.62. The quantitative estimate of drug-likeness (QED) is 0.751. The summed E-state index contributed by atoms with van der Waals surface area (Å²) < 4.78 is 6.11. The van der Waals surface area contributed by atoms with E-state index in [1.807, 2.05) is 13.8 Å². The Labute approximate surface area is 165 Å². The standard InChI is InChI=1S/C24H40O3/c1-5-27-15-24-13-12-22(3,26)14-17(24)6-7-18-20-9-8-19(16(2)25)23(20,4)11-10-21(18)24/h17-21,26H,5-15H2,1-4H3. The molecular weight excluding hydrogens is 336 g/mol. The second-order valence-corrected chi connectivity index (χ2v) is 11.0. The lowest BCUT2D eigenvalue weighted by molar-refractivity contribution is -0.178. The van der Waals surface area contributed by atoms with Gasteiger partial charge in [0.25, 0.3) is 0 Å². The van der Waals surface area contributed by atoms with Gasteiger partial charge in [-0.05, 0) is 113 Å². The number of ketones is 1. The van der Waals surface area contributed by atoms with E-state index in [1.165, 1.54) is 32.1 Å². The lowest BCUT2D eigenvalue weighted by atomic mass is 9.43. The Morgan fingerprint density at radius 1 is 1.04 bits per heavy atom. The van der Waals surface area contributed by atoms with Crippen LogP contribution in [-0.4, -0.2) is 29.7 Å². The molecule has 4 aliphatic rings. The Morgan fingerprint density at radius 2 is 1.81 bits per heavy atom. The summed E-state index contributed by atoms with van der Waals surface area (Å²) in [6.07, 6.45) is 10.3. The predicted molar refractivity (Wildman–Crippen MR) is 107 cm³/mol. The largest absolute Gasteiger partial charge is 0.390 e. The van der Waals surface area contributed by atoms with Crippen molar-refractivity contribution in [3.8, 4) is 0 Å². The summed E-state index contributed by atoms with van der Waals surface area (Å²) >= 11 is 0. The van der Waals surface area contributed by atoms with Crippen LogP contribution in [0.4, 0.5) is 0 Å². The van der Waals surface area contributed by atoms with Crippen molar-refractivity contribution in [3.63, 3.8) is 0 Å². The minimum Gasteiger partial charge on any atom is -0.390 e. The summed E-state index contributed by atoms with van der Waals surface area (Å²) in [4.78, 5) is 12.3. The van der Waals surface area contributed by atoms with E-state index in [0.29, 0.717) is 17.6 Å². The van der Waals surface area contributed by atoms with Crippen LogP contribution in [0.5, 0.6) is 0 Å². The molecule has 4 fully saturated rings. The maximum atomic E-state index is 12.3. The molecule has 3 nitrogen and oxygen atoms in total. The van der Waals surface area contributed by atoms with Crippen LogP contribution in [0.3, 0.4) is 0 Å². The molecule has 27 heavy (non-hydrogen) atoms. The van der Waals surface area contributed by atoms with Crippen molar-refractivity contribution in [2.45, 2.75) is 91.1 Å². The van der Waals surface area contributed by atoms with Gasteiger partial charge in [0.1, 0.15) is 5.78 Å². The van der Waals surface area contributed by atoms with Gasteiger partial charge >= 0.3 is 0 Å². The second kappa shape index (κ2) is 6.83. The molecule has 154 valence electrons. The van der Waals surface area contributed by atoms with E-state index in [2.05, 4.69) is 13.8 Å². The zero-order valence-electron chi connectivity index (χ0n) is 17.9. The van der Waals surface area contributed by atoms with E-state index in [4.69, 9.17) is 4.74 Å². The van der Waals surface area contributed by atoms with E-state index in [-0.39, 0.29) is 16.7 Å². The van der Waals surface area contributed by atoms with Crippen molar-refractivity contribution in [3.05, 3.63) is 0 Å². The molecule has 0 spiro atoms. The van der Waals surface area contributed by atoms with Gasteiger partial charge in [0.05, 0.1) is 12.2 Å².